The van der Waals surface area contributed by atoms with Crippen LogP contribution in [0.1, 0.15) is 16.7 Å². The zero-order valence-electron chi connectivity index (χ0n) is 12.8. The molecule has 4 heteroatoms. The summed E-state index contributed by atoms with van der Waals surface area (Å²) >= 11 is 5.41. The van der Waals surface area contributed by atoms with Crippen molar-refractivity contribution < 1.29 is 4.74 Å². The first-order chi connectivity index (χ1) is 10.0. The van der Waals surface area contributed by atoms with Crippen LogP contribution in [-0.2, 0) is 0 Å². The molecule has 0 aliphatic carbocycles. The number of nitrogens with one attached hydrogen (secondary N) is 2. The molecule has 2 rings (SSSR count). The van der Waals surface area contributed by atoms with Crippen LogP contribution < -0.4 is 15.4 Å². The van der Waals surface area contributed by atoms with Crippen molar-refractivity contribution in [1.82, 2.24) is 0 Å². The minimum Gasteiger partial charge on any atom is -0.495 e. The Bertz CT molecular complexity index is 648. The summed E-state index contributed by atoms with van der Waals surface area (Å²) in [6, 6.07) is 12.1. The number of ether oxygens (including phenoxy) is 1. The molecule has 0 spiro atoms. The molecule has 0 radical (unpaired) electrons. The van der Waals surface area contributed by atoms with E-state index >= 15 is 0 Å². The molecular formula is C17H20N2OS. The van der Waals surface area contributed by atoms with Crippen molar-refractivity contribution in [3.8, 4) is 5.75 Å². The van der Waals surface area contributed by atoms with E-state index < -0.39 is 0 Å². The number of methoxy groups -OCH3 is 1. The predicted octanol–water partition coefficient (Wildman–Crippen LogP) is 4.43. The van der Waals surface area contributed by atoms with E-state index in [4.69, 9.17) is 17.0 Å². The molecule has 0 amide bonds. The fourth-order valence-electron chi connectivity index (χ4n) is 2.20. The van der Waals surface area contributed by atoms with E-state index in [2.05, 4.69) is 36.6 Å². The Kier molecular flexibility index (Phi) is 4.81. The Hall–Kier alpha value is -2.07. The maximum atomic E-state index is 5.41. The average molecular weight is 300 g/mol. The fourth-order valence-corrected chi connectivity index (χ4v) is 2.41. The molecule has 0 aromatic heterocycles. The molecule has 110 valence electrons. The summed E-state index contributed by atoms with van der Waals surface area (Å²) in [6.45, 7) is 6.16. The minimum atomic E-state index is 0.552. The van der Waals surface area contributed by atoms with Crippen molar-refractivity contribution >= 4 is 28.7 Å². The molecule has 2 N–H and O–H groups in total. The standard InChI is InChI=1S/C17H20N2OS/c1-11-8-9-15(20-4)14(10-11)18-17(21)19-16-12(2)6-5-7-13(16)3/h5-10H,1-4H3,(H2,18,19,21). The highest BCUT2D eigenvalue weighted by molar-refractivity contribution is 7.80. The molecule has 0 aliphatic heterocycles. The van der Waals surface area contributed by atoms with E-state index in [1.54, 1.807) is 7.11 Å². The maximum Gasteiger partial charge on any atom is 0.175 e. The first kappa shape index (κ1) is 15.3. The Labute approximate surface area is 131 Å². The summed E-state index contributed by atoms with van der Waals surface area (Å²) in [5.74, 6) is 0.770. The summed E-state index contributed by atoms with van der Waals surface area (Å²) in [5.41, 5.74) is 5.38. The second kappa shape index (κ2) is 6.59. The second-order valence-corrected chi connectivity index (χ2v) is 5.46. The number of para-hydroxylation sites is 1. The minimum absolute atomic E-state index is 0.552. The van der Waals surface area contributed by atoms with Gasteiger partial charge in [-0.25, -0.2) is 0 Å². The van der Waals surface area contributed by atoms with Gasteiger partial charge in [0.1, 0.15) is 5.75 Å². The molecule has 0 heterocycles. The van der Waals surface area contributed by atoms with Crippen molar-refractivity contribution in [2.45, 2.75) is 20.8 Å². The molecule has 0 fully saturated rings. The summed E-state index contributed by atoms with van der Waals surface area (Å²) in [4.78, 5) is 0. The number of hydrogen-bond donors (Lipinski definition) is 2. The summed E-state index contributed by atoms with van der Waals surface area (Å²) in [7, 11) is 1.65. The van der Waals surface area contributed by atoms with Gasteiger partial charge in [0.25, 0.3) is 0 Å². The van der Waals surface area contributed by atoms with Crippen LogP contribution in [0.15, 0.2) is 36.4 Å². The average Bonchev–Trinajstić information content (AvgIpc) is 2.43. The zero-order chi connectivity index (χ0) is 15.4. The number of benzene rings is 2. The van der Waals surface area contributed by atoms with Gasteiger partial charge in [0, 0.05) is 5.69 Å². The van der Waals surface area contributed by atoms with E-state index in [0.717, 1.165) is 33.8 Å². The van der Waals surface area contributed by atoms with Crippen LogP contribution in [0.4, 0.5) is 11.4 Å². The smallest absolute Gasteiger partial charge is 0.175 e. The molecule has 21 heavy (non-hydrogen) atoms. The Morgan fingerprint density at radius 3 is 2.29 bits per heavy atom. The van der Waals surface area contributed by atoms with Gasteiger partial charge in [-0.15, -0.1) is 0 Å². The number of thiocarbonyl (C=S) groups is 1. The van der Waals surface area contributed by atoms with E-state index in [-0.39, 0.29) is 0 Å². The van der Waals surface area contributed by atoms with Crippen LogP contribution in [0.25, 0.3) is 0 Å². The molecule has 0 saturated heterocycles. The first-order valence-corrected chi connectivity index (χ1v) is 7.21. The van der Waals surface area contributed by atoms with Gasteiger partial charge < -0.3 is 15.4 Å². The van der Waals surface area contributed by atoms with Crippen LogP contribution in [0.5, 0.6) is 5.75 Å². The normalized spacial score (nSPS) is 10.1. The van der Waals surface area contributed by atoms with Crippen LogP contribution in [0, 0.1) is 20.8 Å². The predicted molar refractivity (Wildman–Crippen MR) is 93.5 cm³/mol. The lowest BCUT2D eigenvalue weighted by molar-refractivity contribution is 0.417. The number of anilines is 2. The number of aryl methyl sites for hydroxylation is 3. The van der Waals surface area contributed by atoms with Crippen molar-refractivity contribution in [3.63, 3.8) is 0 Å². The first-order valence-electron chi connectivity index (χ1n) is 6.80. The van der Waals surface area contributed by atoms with Crippen LogP contribution in [0.3, 0.4) is 0 Å². The molecule has 2 aromatic rings. The number of hydrogen-bond acceptors (Lipinski definition) is 2. The molecule has 0 unspecified atom stereocenters. The van der Waals surface area contributed by atoms with Gasteiger partial charge in [-0.1, -0.05) is 24.3 Å². The molecule has 0 aliphatic rings. The van der Waals surface area contributed by atoms with Gasteiger partial charge in [-0.05, 0) is 61.8 Å². The van der Waals surface area contributed by atoms with Gasteiger partial charge in [0.15, 0.2) is 5.11 Å². The van der Waals surface area contributed by atoms with E-state index in [1.165, 1.54) is 0 Å². The highest BCUT2D eigenvalue weighted by atomic mass is 32.1. The Morgan fingerprint density at radius 2 is 1.67 bits per heavy atom. The SMILES string of the molecule is COc1ccc(C)cc1NC(=S)Nc1c(C)cccc1C. The third-order valence-corrected chi connectivity index (χ3v) is 3.53. The van der Waals surface area contributed by atoms with E-state index in [1.807, 2.05) is 31.2 Å². The number of rotatable bonds is 3. The van der Waals surface area contributed by atoms with Crippen LogP contribution in [0.2, 0.25) is 0 Å². The van der Waals surface area contributed by atoms with Crippen molar-refractivity contribution in [2.24, 2.45) is 0 Å². The molecular weight excluding hydrogens is 280 g/mol. The van der Waals surface area contributed by atoms with Crippen molar-refractivity contribution in [1.29, 1.82) is 0 Å². The highest BCUT2D eigenvalue weighted by Crippen LogP contribution is 2.26. The van der Waals surface area contributed by atoms with Crippen molar-refractivity contribution in [2.75, 3.05) is 17.7 Å². The van der Waals surface area contributed by atoms with Crippen LogP contribution in [-0.4, -0.2) is 12.2 Å². The molecule has 0 saturated carbocycles. The van der Waals surface area contributed by atoms with Gasteiger partial charge in [-0.2, -0.15) is 0 Å². The van der Waals surface area contributed by atoms with Gasteiger partial charge in [0.05, 0.1) is 12.8 Å². The lowest BCUT2D eigenvalue weighted by Crippen LogP contribution is -2.20. The lowest BCUT2D eigenvalue weighted by atomic mass is 10.1. The maximum absolute atomic E-state index is 5.41. The monoisotopic (exact) mass is 300 g/mol. The van der Waals surface area contributed by atoms with Crippen molar-refractivity contribution in [3.05, 3.63) is 53.1 Å². The quantitative estimate of drug-likeness (QED) is 0.822. The highest BCUT2D eigenvalue weighted by Gasteiger charge is 2.08. The second-order valence-electron chi connectivity index (χ2n) is 5.05. The lowest BCUT2D eigenvalue weighted by Gasteiger charge is -2.16. The zero-order valence-corrected chi connectivity index (χ0v) is 13.6. The van der Waals surface area contributed by atoms with E-state index in [0.29, 0.717) is 5.11 Å². The molecule has 2 aromatic carbocycles. The summed E-state index contributed by atoms with van der Waals surface area (Å²) < 4.78 is 5.35. The largest absolute Gasteiger partial charge is 0.495 e. The third-order valence-electron chi connectivity index (χ3n) is 3.32. The van der Waals surface area contributed by atoms with Crippen LogP contribution >= 0.6 is 12.2 Å². The topological polar surface area (TPSA) is 33.3 Å². The van der Waals surface area contributed by atoms with Gasteiger partial charge in [-0.3, -0.25) is 0 Å². The fraction of sp³-hybridized carbons (Fsp3) is 0.235. The molecule has 0 atom stereocenters. The third kappa shape index (κ3) is 3.73. The van der Waals surface area contributed by atoms with Gasteiger partial charge in [0.2, 0.25) is 0 Å². The summed E-state index contributed by atoms with van der Waals surface area (Å²) in [5, 5.41) is 7.02. The molecule has 3 nitrogen and oxygen atoms in total. The Balaban J connectivity index is 2.17. The summed E-state index contributed by atoms with van der Waals surface area (Å²) in [6.07, 6.45) is 0. The molecule has 0 bridgehead atoms. The van der Waals surface area contributed by atoms with E-state index in [9.17, 15) is 0 Å². The van der Waals surface area contributed by atoms with Gasteiger partial charge >= 0.3 is 0 Å². The Morgan fingerprint density at radius 1 is 1.00 bits per heavy atom.